The Balaban J connectivity index is 1.98. The number of sulfone groups is 1. The smallest absolute Gasteiger partial charge is 0.270 e. The van der Waals surface area contributed by atoms with Crippen LogP contribution in [0.5, 0.6) is 0 Å². The zero-order valence-corrected chi connectivity index (χ0v) is 14.6. The fourth-order valence-electron chi connectivity index (χ4n) is 2.87. The molecule has 0 bridgehead atoms. The Labute approximate surface area is 148 Å². The van der Waals surface area contributed by atoms with Crippen molar-refractivity contribution in [1.29, 1.82) is 0 Å². The first-order valence-corrected chi connectivity index (χ1v) is 9.27. The molecule has 0 aliphatic carbocycles. The summed E-state index contributed by atoms with van der Waals surface area (Å²) in [5.74, 6) is -0.753. The lowest BCUT2D eigenvalue weighted by molar-refractivity contribution is -0.384. The molecule has 3 rings (SSSR count). The number of carbonyl (C=O) groups excluding carboxylic acids is 1. The number of carbonyl (C=O) groups is 1. The van der Waals surface area contributed by atoms with Gasteiger partial charge in [0.1, 0.15) is 0 Å². The van der Waals surface area contributed by atoms with Crippen LogP contribution in [-0.2, 0) is 9.84 Å². The topological polar surface area (TPSA) is 97.6 Å². The average Bonchev–Trinajstić information content (AvgIpc) is 2.84. The van der Waals surface area contributed by atoms with Crippen LogP contribution in [0.4, 0.5) is 5.69 Å². The number of hydrogen-bond acceptors (Lipinski definition) is 5. The summed E-state index contributed by atoms with van der Waals surface area (Å²) >= 11 is 5.97. The third-order valence-corrected chi connectivity index (χ3v) is 6.17. The number of halogens is 1. The minimum Gasteiger partial charge on any atom is -0.334 e. The fraction of sp³-hybridized carbons (Fsp3) is 0.188. The van der Waals surface area contributed by atoms with E-state index in [1.54, 1.807) is 0 Å². The molecule has 1 atom stereocenters. The van der Waals surface area contributed by atoms with Gasteiger partial charge in [0.2, 0.25) is 0 Å². The van der Waals surface area contributed by atoms with E-state index >= 15 is 0 Å². The van der Waals surface area contributed by atoms with Crippen molar-refractivity contribution in [1.82, 2.24) is 4.90 Å². The molecule has 130 valence electrons. The van der Waals surface area contributed by atoms with Crippen molar-refractivity contribution < 1.29 is 18.1 Å². The SMILES string of the molecule is CN(C(=O)c1cccc([N+](=O)[O-])c1)C1CS(=O)(=O)c2ccc(Cl)cc21. The Morgan fingerprint density at radius 3 is 2.68 bits per heavy atom. The van der Waals surface area contributed by atoms with Gasteiger partial charge in [0.05, 0.1) is 21.6 Å². The molecule has 1 unspecified atom stereocenters. The van der Waals surface area contributed by atoms with E-state index in [2.05, 4.69) is 0 Å². The lowest BCUT2D eigenvalue weighted by atomic mass is 10.1. The fourth-order valence-corrected chi connectivity index (χ4v) is 4.88. The highest BCUT2D eigenvalue weighted by Crippen LogP contribution is 2.38. The first-order valence-electron chi connectivity index (χ1n) is 7.24. The number of rotatable bonds is 3. The van der Waals surface area contributed by atoms with Crippen molar-refractivity contribution in [3.8, 4) is 0 Å². The number of non-ortho nitro benzene ring substituents is 1. The van der Waals surface area contributed by atoms with Crippen LogP contribution in [0.2, 0.25) is 5.02 Å². The minimum absolute atomic E-state index is 0.115. The molecule has 0 N–H and O–H groups in total. The zero-order chi connectivity index (χ0) is 18.4. The first kappa shape index (κ1) is 17.4. The Morgan fingerprint density at radius 1 is 1.28 bits per heavy atom. The number of benzene rings is 2. The molecule has 0 saturated heterocycles. The molecule has 2 aromatic carbocycles. The van der Waals surface area contributed by atoms with E-state index in [4.69, 9.17) is 11.6 Å². The van der Waals surface area contributed by atoms with Crippen molar-refractivity contribution >= 4 is 33.0 Å². The monoisotopic (exact) mass is 380 g/mol. The van der Waals surface area contributed by atoms with Crippen molar-refractivity contribution in [2.45, 2.75) is 10.9 Å². The summed E-state index contributed by atoms with van der Waals surface area (Å²) in [5.41, 5.74) is 0.361. The molecule has 9 heteroatoms. The summed E-state index contributed by atoms with van der Waals surface area (Å²) in [7, 11) is -2.05. The van der Waals surface area contributed by atoms with Crippen LogP contribution in [0.25, 0.3) is 0 Å². The van der Waals surface area contributed by atoms with Gasteiger partial charge in [-0.2, -0.15) is 0 Å². The van der Waals surface area contributed by atoms with E-state index in [0.29, 0.717) is 10.6 Å². The molecule has 0 fully saturated rings. The van der Waals surface area contributed by atoms with Crippen molar-refractivity contribution in [2.75, 3.05) is 12.8 Å². The van der Waals surface area contributed by atoms with Gasteiger partial charge in [0.15, 0.2) is 9.84 Å². The van der Waals surface area contributed by atoms with Gasteiger partial charge in [-0.25, -0.2) is 8.42 Å². The summed E-state index contributed by atoms with van der Waals surface area (Å²) in [4.78, 5) is 24.4. The largest absolute Gasteiger partial charge is 0.334 e. The molecule has 1 heterocycles. The first-order chi connectivity index (χ1) is 11.7. The highest BCUT2D eigenvalue weighted by molar-refractivity contribution is 7.91. The van der Waals surface area contributed by atoms with Crippen molar-refractivity contribution in [3.63, 3.8) is 0 Å². The van der Waals surface area contributed by atoms with Gasteiger partial charge in [0, 0.05) is 29.8 Å². The Kier molecular flexibility index (Phi) is 4.26. The van der Waals surface area contributed by atoms with E-state index in [1.165, 1.54) is 54.4 Å². The summed E-state index contributed by atoms with van der Waals surface area (Å²) in [6.45, 7) is 0. The van der Waals surface area contributed by atoms with Crippen LogP contribution in [-0.4, -0.2) is 36.9 Å². The number of amides is 1. The summed E-state index contributed by atoms with van der Waals surface area (Å²) in [6.07, 6.45) is 0. The molecule has 1 aliphatic rings. The third-order valence-electron chi connectivity index (χ3n) is 4.13. The maximum absolute atomic E-state index is 12.7. The van der Waals surface area contributed by atoms with Gasteiger partial charge in [0.25, 0.3) is 11.6 Å². The number of nitro groups is 1. The van der Waals surface area contributed by atoms with E-state index in [0.717, 1.165) is 0 Å². The lowest BCUT2D eigenvalue weighted by Gasteiger charge is -2.24. The van der Waals surface area contributed by atoms with E-state index < -0.39 is 26.7 Å². The predicted octanol–water partition coefficient (Wildman–Crippen LogP) is 2.85. The number of nitrogens with zero attached hydrogens (tertiary/aromatic N) is 2. The normalized spacial score (nSPS) is 17.8. The van der Waals surface area contributed by atoms with Crippen LogP contribution in [0, 0.1) is 10.1 Å². The molecule has 1 aliphatic heterocycles. The van der Waals surface area contributed by atoms with Crippen molar-refractivity contribution in [2.24, 2.45) is 0 Å². The van der Waals surface area contributed by atoms with Crippen LogP contribution in [0.3, 0.4) is 0 Å². The average molecular weight is 381 g/mol. The molecule has 0 spiro atoms. The highest BCUT2D eigenvalue weighted by atomic mass is 35.5. The Bertz CT molecular complexity index is 990. The van der Waals surface area contributed by atoms with Gasteiger partial charge >= 0.3 is 0 Å². The molecule has 2 aromatic rings. The second-order valence-electron chi connectivity index (χ2n) is 5.70. The van der Waals surface area contributed by atoms with Crippen LogP contribution in [0.1, 0.15) is 22.0 Å². The molecule has 1 amide bonds. The second-order valence-corrected chi connectivity index (χ2v) is 8.14. The highest BCUT2D eigenvalue weighted by Gasteiger charge is 2.38. The Morgan fingerprint density at radius 2 is 2.00 bits per heavy atom. The predicted molar refractivity (Wildman–Crippen MR) is 91.4 cm³/mol. The minimum atomic E-state index is -3.51. The number of nitro benzene ring substituents is 1. The van der Waals surface area contributed by atoms with Crippen LogP contribution in [0.15, 0.2) is 47.4 Å². The maximum atomic E-state index is 12.7. The van der Waals surface area contributed by atoms with Gasteiger partial charge in [-0.15, -0.1) is 0 Å². The van der Waals surface area contributed by atoms with Crippen LogP contribution >= 0.6 is 11.6 Å². The maximum Gasteiger partial charge on any atom is 0.270 e. The lowest BCUT2D eigenvalue weighted by Crippen LogP contribution is -2.32. The molecule has 25 heavy (non-hydrogen) atoms. The van der Waals surface area contributed by atoms with E-state index in [1.807, 2.05) is 0 Å². The van der Waals surface area contributed by atoms with Gasteiger partial charge in [-0.05, 0) is 29.8 Å². The molecular formula is C16H13ClN2O5S. The molecule has 0 aromatic heterocycles. The van der Waals surface area contributed by atoms with Crippen molar-refractivity contribution in [3.05, 3.63) is 68.7 Å². The van der Waals surface area contributed by atoms with E-state index in [-0.39, 0.29) is 21.9 Å². The molecule has 0 saturated carbocycles. The number of hydrogen-bond donors (Lipinski definition) is 0. The second kappa shape index (κ2) is 6.12. The summed E-state index contributed by atoms with van der Waals surface area (Å²) in [6, 6.07) is 9.06. The molecule has 0 radical (unpaired) electrons. The quantitative estimate of drug-likeness (QED) is 0.602. The van der Waals surface area contributed by atoms with Gasteiger partial charge in [-0.1, -0.05) is 17.7 Å². The zero-order valence-electron chi connectivity index (χ0n) is 13.0. The summed E-state index contributed by atoms with van der Waals surface area (Å²) in [5, 5.41) is 11.2. The Hall–Kier alpha value is -2.45. The van der Waals surface area contributed by atoms with Gasteiger partial charge in [-0.3, -0.25) is 14.9 Å². The van der Waals surface area contributed by atoms with Crippen LogP contribution < -0.4 is 0 Å². The standard InChI is InChI=1S/C16H13ClN2O5S/c1-18(16(20)10-3-2-4-12(7-10)19(21)22)14-9-25(23,24)15-6-5-11(17)8-13(14)15/h2-8,14H,9H2,1H3. The molecular weight excluding hydrogens is 368 g/mol. The number of fused-ring (bicyclic) bond motifs is 1. The third kappa shape index (κ3) is 3.10. The van der Waals surface area contributed by atoms with E-state index in [9.17, 15) is 23.3 Å². The molecule has 7 nitrogen and oxygen atoms in total. The van der Waals surface area contributed by atoms with Gasteiger partial charge < -0.3 is 4.90 Å². The summed E-state index contributed by atoms with van der Waals surface area (Å²) < 4.78 is 24.6.